The molecule has 7 nitrogen and oxygen atoms in total. The maximum absolute atomic E-state index is 12.3. The Balaban J connectivity index is 1.50. The average Bonchev–Trinajstić information content (AvgIpc) is 2.76. The molecule has 1 aliphatic rings. The Bertz CT molecular complexity index is 956. The van der Waals surface area contributed by atoms with Crippen LogP contribution in [0.3, 0.4) is 0 Å². The number of nitrogens with one attached hydrogen (secondary N) is 2. The molecule has 2 N–H and O–H groups in total. The third-order valence-corrected chi connectivity index (χ3v) is 6.84. The van der Waals surface area contributed by atoms with Crippen LogP contribution in [0.1, 0.15) is 18.9 Å². The highest BCUT2D eigenvalue weighted by Gasteiger charge is 2.17. The van der Waals surface area contributed by atoms with E-state index in [0.717, 1.165) is 49.7 Å². The fraction of sp³-hybridized carbons (Fsp3) is 0.409. The maximum atomic E-state index is 12.3. The molecule has 0 spiro atoms. The van der Waals surface area contributed by atoms with Gasteiger partial charge >= 0.3 is 0 Å². The molecule has 8 heteroatoms. The zero-order valence-electron chi connectivity index (χ0n) is 17.6. The van der Waals surface area contributed by atoms with Crippen molar-refractivity contribution in [1.82, 2.24) is 9.62 Å². The molecule has 1 amide bonds. The Morgan fingerprint density at radius 3 is 2.37 bits per heavy atom. The summed E-state index contributed by atoms with van der Waals surface area (Å²) in [4.78, 5) is 17.3. The molecule has 0 unspecified atom stereocenters. The van der Waals surface area contributed by atoms with Gasteiger partial charge in [-0.3, -0.25) is 4.79 Å². The van der Waals surface area contributed by atoms with Crippen molar-refractivity contribution in [3.8, 4) is 0 Å². The molecule has 0 saturated carbocycles. The van der Waals surface area contributed by atoms with Gasteiger partial charge in [-0.05, 0) is 49.4 Å². The summed E-state index contributed by atoms with van der Waals surface area (Å²) < 4.78 is 26.9. The molecule has 0 radical (unpaired) electrons. The van der Waals surface area contributed by atoms with Gasteiger partial charge in [-0.15, -0.1) is 0 Å². The van der Waals surface area contributed by atoms with E-state index >= 15 is 0 Å². The van der Waals surface area contributed by atoms with E-state index in [2.05, 4.69) is 32.8 Å². The zero-order valence-corrected chi connectivity index (χ0v) is 18.4. The van der Waals surface area contributed by atoms with Gasteiger partial charge in [0.1, 0.15) is 0 Å². The molecular formula is C22H30N4O3S. The lowest BCUT2D eigenvalue weighted by Gasteiger charge is -2.35. The first kappa shape index (κ1) is 22.3. The van der Waals surface area contributed by atoms with E-state index in [9.17, 15) is 13.2 Å². The van der Waals surface area contributed by atoms with Crippen LogP contribution in [0, 0.1) is 6.92 Å². The summed E-state index contributed by atoms with van der Waals surface area (Å²) in [6.07, 6.45) is 0.0617. The second-order valence-corrected chi connectivity index (χ2v) is 9.20. The summed E-state index contributed by atoms with van der Waals surface area (Å²) in [6, 6.07) is 14.2. The van der Waals surface area contributed by atoms with Crippen molar-refractivity contribution in [3.05, 3.63) is 54.1 Å². The highest BCUT2D eigenvalue weighted by atomic mass is 32.2. The third kappa shape index (κ3) is 5.81. The summed E-state index contributed by atoms with van der Waals surface area (Å²) >= 11 is 0. The number of likely N-dealkylation sites (N-methyl/N-ethyl adjacent to an activating group) is 1. The number of aryl methyl sites for hydroxylation is 1. The molecule has 30 heavy (non-hydrogen) atoms. The predicted octanol–water partition coefficient (Wildman–Crippen LogP) is 2.44. The first-order chi connectivity index (χ1) is 14.4. The largest absolute Gasteiger partial charge is 0.369 e. The fourth-order valence-corrected chi connectivity index (χ4v) is 4.55. The number of hydrogen-bond donors (Lipinski definition) is 2. The highest BCUT2D eigenvalue weighted by Crippen LogP contribution is 2.24. The van der Waals surface area contributed by atoms with E-state index in [4.69, 9.17) is 0 Å². The quantitative estimate of drug-likeness (QED) is 0.672. The van der Waals surface area contributed by atoms with Crippen LogP contribution in [-0.4, -0.2) is 58.5 Å². The lowest BCUT2D eigenvalue weighted by Crippen LogP contribution is -2.46. The molecular weight excluding hydrogens is 400 g/mol. The van der Waals surface area contributed by atoms with Crippen molar-refractivity contribution < 1.29 is 13.2 Å². The minimum atomic E-state index is -3.60. The molecule has 0 aromatic heterocycles. The van der Waals surface area contributed by atoms with E-state index in [1.165, 1.54) is 12.1 Å². The van der Waals surface area contributed by atoms with E-state index in [-0.39, 0.29) is 23.8 Å². The summed E-state index contributed by atoms with van der Waals surface area (Å²) in [6.45, 7) is 9.41. The molecule has 1 aliphatic heterocycles. The number of hydrogen-bond acceptors (Lipinski definition) is 5. The molecule has 1 fully saturated rings. The van der Waals surface area contributed by atoms with Crippen LogP contribution in [0.25, 0.3) is 0 Å². The normalized spacial score (nSPS) is 15.2. The Labute approximate surface area is 179 Å². The zero-order chi connectivity index (χ0) is 21.6. The number of piperazine rings is 1. The van der Waals surface area contributed by atoms with Gasteiger partial charge in [-0.2, -0.15) is 0 Å². The number of sulfonamides is 1. The number of carbonyl (C=O) groups is 1. The van der Waals surface area contributed by atoms with E-state index in [0.29, 0.717) is 0 Å². The maximum Gasteiger partial charge on any atom is 0.240 e. The summed E-state index contributed by atoms with van der Waals surface area (Å²) in [7, 11) is -3.60. The Morgan fingerprint density at radius 2 is 1.73 bits per heavy atom. The molecule has 0 bridgehead atoms. The highest BCUT2D eigenvalue weighted by molar-refractivity contribution is 7.89. The fourth-order valence-electron chi connectivity index (χ4n) is 3.50. The van der Waals surface area contributed by atoms with Gasteiger partial charge in [-0.1, -0.05) is 25.1 Å². The third-order valence-electron chi connectivity index (χ3n) is 5.37. The smallest absolute Gasteiger partial charge is 0.240 e. The number of amides is 1. The van der Waals surface area contributed by atoms with Crippen molar-refractivity contribution >= 4 is 27.3 Å². The van der Waals surface area contributed by atoms with Crippen LogP contribution in [0.15, 0.2) is 53.4 Å². The minimum absolute atomic E-state index is 0.0436. The molecule has 162 valence electrons. The van der Waals surface area contributed by atoms with Crippen molar-refractivity contribution in [2.45, 2.75) is 25.2 Å². The lowest BCUT2D eigenvalue weighted by atomic mass is 10.1. The van der Waals surface area contributed by atoms with Crippen LogP contribution in [0.5, 0.6) is 0 Å². The summed E-state index contributed by atoms with van der Waals surface area (Å²) in [5.41, 5.74) is 2.90. The van der Waals surface area contributed by atoms with Crippen LogP contribution in [0.4, 0.5) is 11.4 Å². The molecule has 3 rings (SSSR count). The SMILES string of the molecule is CCN1CCN(c2ccc(NC(=O)CCNS(=O)(=O)c3ccccc3)c(C)c2)CC1. The number of rotatable bonds is 8. The molecule has 0 aliphatic carbocycles. The van der Waals surface area contributed by atoms with Gasteiger partial charge in [0.2, 0.25) is 15.9 Å². The van der Waals surface area contributed by atoms with Gasteiger partial charge in [0.25, 0.3) is 0 Å². The molecule has 0 atom stereocenters. The van der Waals surface area contributed by atoms with Gasteiger partial charge < -0.3 is 15.1 Å². The van der Waals surface area contributed by atoms with Crippen molar-refractivity contribution in [2.75, 3.05) is 49.5 Å². The van der Waals surface area contributed by atoms with E-state index in [1.807, 2.05) is 19.1 Å². The Hall–Kier alpha value is -2.42. The van der Waals surface area contributed by atoms with Crippen molar-refractivity contribution in [1.29, 1.82) is 0 Å². The predicted molar refractivity (Wildman–Crippen MR) is 120 cm³/mol. The first-order valence-corrected chi connectivity index (χ1v) is 11.8. The van der Waals surface area contributed by atoms with Gasteiger partial charge in [0, 0.05) is 50.5 Å². The standard InChI is InChI=1S/C22H30N4O3S/c1-3-25-13-15-26(16-14-25)19-9-10-21(18(2)17-19)24-22(27)11-12-23-30(28,29)20-7-5-4-6-8-20/h4-10,17,23H,3,11-16H2,1-2H3,(H,24,27). The van der Waals surface area contributed by atoms with Crippen LogP contribution >= 0.6 is 0 Å². The number of carbonyl (C=O) groups excluding carboxylic acids is 1. The van der Waals surface area contributed by atoms with Crippen LogP contribution in [-0.2, 0) is 14.8 Å². The first-order valence-electron chi connectivity index (χ1n) is 10.3. The van der Waals surface area contributed by atoms with E-state index < -0.39 is 10.0 Å². The second-order valence-electron chi connectivity index (χ2n) is 7.43. The number of anilines is 2. The molecule has 2 aromatic rings. The molecule has 2 aromatic carbocycles. The van der Waals surface area contributed by atoms with Crippen molar-refractivity contribution in [3.63, 3.8) is 0 Å². The van der Waals surface area contributed by atoms with Crippen molar-refractivity contribution in [2.24, 2.45) is 0 Å². The monoisotopic (exact) mass is 430 g/mol. The number of benzene rings is 2. The van der Waals surface area contributed by atoms with Gasteiger partial charge in [-0.25, -0.2) is 13.1 Å². The van der Waals surface area contributed by atoms with E-state index in [1.54, 1.807) is 18.2 Å². The lowest BCUT2D eigenvalue weighted by molar-refractivity contribution is -0.116. The van der Waals surface area contributed by atoms with Gasteiger partial charge in [0.05, 0.1) is 4.90 Å². The Morgan fingerprint density at radius 1 is 1.03 bits per heavy atom. The molecule has 1 heterocycles. The second kappa shape index (κ2) is 10.1. The summed E-state index contributed by atoms with van der Waals surface area (Å²) in [5, 5.41) is 2.88. The topological polar surface area (TPSA) is 81.8 Å². The van der Waals surface area contributed by atoms with Gasteiger partial charge in [0.15, 0.2) is 0 Å². The van der Waals surface area contributed by atoms with Crippen LogP contribution in [0.2, 0.25) is 0 Å². The number of nitrogens with zero attached hydrogens (tertiary/aromatic N) is 2. The molecule has 1 saturated heterocycles. The van der Waals surface area contributed by atoms with Crippen LogP contribution < -0.4 is 14.9 Å². The average molecular weight is 431 g/mol. The summed E-state index contributed by atoms with van der Waals surface area (Å²) in [5.74, 6) is -0.224. The Kier molecular flexibility index (Phi) is 7.47. The minimum Gasteiger partial charge on any atom is -0.369 e.